The fourth-order valence-corrected chi connectivity index (χ4v) is 2.40. The van der Waals surface area contributed by atoms with E-state index in [9.17, 15) is 4.79 Å². The largest absolute Gasteiger partial charge is 0.324 e. The number of para-hydroxylation sites is 2. The third-order valence-electron chi connectivity index (χ3n) is 4.13. The first kappa shape index (κ1) is 24.9. The number of nitrogens with zero attached hydrogens (tertiary/aromatic N) is 3. The second-order valence-corrected chi connectivity index (χ2v) is 6.67. The second-order valence-electron chi connectivity index (χ2n) is 6.67. The zero-order valence-corrected chi connectivity index (χ0v) is 18.7. The maximum absolute atomic E-state index is 10.6. The van der Waals surface area contributed by atoms with Gasteiger partial charge in [-0.15, -0.1) is 0 Å². The van der Waals surface area contributed by atoms with E-state index in [0.29, 0.717) is 5.69 Å². The third kappa shape index (κ3) is 9.99. The molecule has 168 valence electrons. The molecule has 2 aromatic carbocycles. The number of hydrogen-bond donors (Lipinski definition) is 3. The number of ketones is 1. The highest BCUT2D eigenvalue weighted by molar-refractivity contribution is 5.97. The SMILES string of the molecule is C/C(=N\Nc1ccccc1)c1ccccn1.CC(=O)c1ccccn1.NNc1ccccc1. The van der Waals surface area contributed by atoms with Crippen LogP contribution < -0.4 is 16.7 Å². The van der Waals surface area contributed by atoms with Crippen LogP contribution in [-0.2, 0) is 0 Å². The molecule has 0 unspecified atom stereocenters. The highest BCUT2D eigenvalue weighted by Crippen LogP contribution is 2.05. The van der Waals surface area contributed by atoms with E-state index in [-0.39, 0.29) is 5.78 Å². The maximum Gasteiger partial charge on any atom is 0.178 e. The van der Waals surface area contributed by atoms with Gasteiger partial charge in [-0.1, -0.05) is 48.5 Å². The molecule has 4 N–H and O–H groups in total. The highest BCUT2D eigenvalue weighted by Gasteiger charge is 1.96. The molecule has 0 bridgehead atoms. The van der Waals surface area contributed by atoms with E-state index in [0.717, 1.165) is 22.8 Å². The molecule has 0 fully saturated rings. The number of pyridine rings is 2. The van der Waals surface area contributed by atoms with Crippen molar-refractivity contribution in [2.75, 3.05) is 10.9 Å². The number of hydrazone groups is 1. The Bertz CT molecular complexity index is 1090. The van der Waals surface area contributed by atoms with Crippen molar-refractivity contribution in [2.24, 2.45) is 10.9 Å². The maximum atomic E-state index is 10.6. The van der Waals surface area contributed by atoms with Gasteiger partial charge >= 0.3 is 0 Å². The van der Waals surface area contributed by atoms with Gasteiger partial charge in [0.1, 0.15) is 5.69 Å². The number of carbonyl (C=O) groups excluding carboxylic acids is 1. The molecule has 0 spiro atoms. The molecule has 2 heterocycles. The Labute approximate surface area is 194 Å². The van der Waals surface area contributed by atoms with Gasteiger partial charge in [-0.2, -0.15) is 5.10 Å². The van der Waals surface area contributed by atoms with Gasteiger partial charge in [0.15, 0.2) is 5.78 Å². The topological polar surface area (TPSA) is 105 Å². The molecule has 0 saturated carbocycles. The number of Topliss-reactive ketones (excluding diaryl/α,β-unsaturated/α-hetero) is 1. The summed E-state index contributed by atoms with van der Waals surface area (Å²) in [6.07, 6.45) is 3.37. The van der Waals surface area contributed by atoms with Gasteiger partial charge in [-0.3, -0.25) is 26.0 Å². The predicted molar refractivity (Wildman–Crippen MR) is 135 cm³/mol. The average Bonchev–Trinajstić information content (AvgIpc) is 2.90. The fraction of sp³-hybridized carbons (Fsp3) is 0.0769. The van der Waals surface area contributed by atoms with Gasteiger partial charge in [0.05, 0.1) is 17.1 Å². The second kappa shape index (κ2) is 14.6. The van der Waals surface area contributed by atoms with E-state index < -0.39 is 0 Å². The minimum Gasteiger partial charge on any atom is -0.324 e. The predicted octanol–water partition coefficient (Wildman–Crippen LogP) is 5.17. The van der Waals surface area contributed by atoms with Crippen LogP contribution >= 0.6 is 0 Å². The van der Waals surface area contributed by atoms with E-state index in [1.807, 2.05) is 85.8 Å². The molecule has 0 atom stereocenters. The van der Waals surface area contributed by atoms with Crippen LogP contribution in [0.2, 0.25) is 0 Å². The summed E-state index contributed by atoms with van der Waals surface area (Å²) in [6.45, 7) is 3.43. The van der Waals surface area contributed by atoms with Crippen molar-refractivity contribution in [1.29, 1.82) is 0 Å². The number of carbonyl (C=O) groups is 1. The number of nitrogens with two attached hydrogens (primary N) is 1. The van der Waals surface area contributed by atoms with Gasteiger partial charge in [0.2, 0.25) is 0 Å². The van der Waals surface area contributed by atoms with Crippen molar-refractivity contribution in [2.45, 2.75) is 13.8 Å². The van der Waals surface area contributed by atoms with Gasteiger partial charge in [0, 0.05) is 25.0 Å². The Kier molecular flexibility index (Phi) is 11.0. The van der Waals surface area contributed by atoms with Crippen LogP contribution in [0.25, 0.3) is 0 Å². The Hall–Kier alpha value is -4.36. The van der Waals surface area contributed by atoms with Crippen LogP contribution in [0.3, 0.4) is 0 Å². The molecule has 0 aliphatic rings. The molecule has 7 heteroatoms. The number of aromatic nitrogens is 2. The molecule has 7 nitrogen and oxygen atoms in total. The minimum atomic E-state index is 0.00981. The molecular weight excluding hydrogens is 412 g/mol. The standard InChI is InChI=1S/C13H13N3.C7H7NO.C6H8N2/c1-11(13-9-5-6-10-14-13)15-16-12-7-3-2-4-8-12;1-6(9)7-4-2-3-5-8-7;7-8-6-4-2-1-3-5-6/h2-10,16H,1H3;2-5H,1H3;1-5,8H,7H2/b15-11+;;. The molecule has 0 aliphatic heterocycles. The summed E-state index contributed by atoms with van der Waals surface area (Å²) in [6, 6.07) is 30.5. The minimum absolute atomic E-state index is 0.00981. The molecule has 2 aromatic heterocycles. The van der Waals surface area contributed by atoms with Crippen molar-refractivity contribution >= 4 is 22.9 Å². The van der Waals surface area contributed by atoms with Crippen molar-refractivity contribution in [3.8, 4) is 0 Å². The van der Waals surface area contributed by atoms with Crippen molar-refractivity contribution < 1.29 is 4.79 Å². The number of hydrogen-bond acceptors (Lipinski definition) is 7. The highest BCUT2D eigenvalue weighted by atomic mass is 16.1. The van der Waals surface area contributed by atoms with Crippen LogP contribution in [0.5, 0.6) is 0 Å². The summed E-state index contributed by atoms with van der Waals surface area (Å²) in [4.78, 5) is 18.6. The summed E-state index contributed by atoms with van der Waals surface area (Å²) >= 11 is 0. The molecule has 4 rings (SSSR count). The van der Waals surface area contributed by atoms with Crippen molar-refractivity contribution in [3.63, 3.8) is 0 Å². The van der Waals surface area contributed by atoms with Crippen molar-refractivity contribution in [3.05, 3.63) is 121 Å². The first-order valence-electron chi connectivity index (χ1n) is 10.3. The smallest absolute Gasteiger partial charge is 0.178 e. The third-order valence-corrected chi connectivity index (χ3v) is 4.13. The number of nitrogen functional groups attached to an aromatic ring is 1. The Balaban J connectivity index is 0.000000192. The summed E-state index contributed by atoms with van der Waals surface area (Å²) in [7, 11) is 0. The first-order valence-corrected chi connectivity index (χ1v) is 10.3. The lowest BCUT2D eigenvalue weighted by molar-refractivity contribution is 0.101. The summed E-state index contributed by atoms with van der Waals surface area (Å²) in [5.74, 6) is 5.11. The van der Waals surface area contributed by atoms with Gasteiger partial charge < -0.3 is 5.43 Å². The number of benzene rings is 2. The van der Waals surface area contributed by atoms with E-state index >= 15 is 0 Å². The zero-order valence-electron chi connectivity index (χ0n) is 18.7. The number of hydrazine groups is 1. The Morgan fingerprint density at radius 1 is 0.697 bits per heavy atom. The van der Waals surface area contributed by atoms with E-state index in [1.165, 1.54) is 6.92 Å². The molecule has 0 saturated heterocycles. The van der Waals surface area contributed by atoms with E-state index in [4.69, 9.17) is 5.84 Å². The average molecular weight is 441 g/mol. The molecular formula is C26H28N6O. The Morgan fingerprint density at radius 2 is 1.18 bits per heavy atom. The quantitative estimate of drug-likeness (QED) is 0.171. The molecule has 4 aromatic rings. The summed E-state index contributed by atoms with van der Waals surface area (Å²) in [5.41, 5.74) is 9.70. The van der Waals surface area contributed by atoms with Gasteiger partial charge in [-0.25, -0.2) is 0 Å². The summed E-state index contributed by atoms with van der Waals surface area (Å²) in [5, 5.41) is 4.27. The molecule has 0 aliphatic carbocycles. The molecule has 0 radical (unpaired) electrons. The lowest BCUT2D eigenvalue weighted by Gasteiger charge is -2.02. The zero-order chi connectivity index (χ0) is 23.7. The number of rotatable bonds is 5. The normalized spacial score (nSPS) is 9.97. The van der Waals surface area contributed by atoms with Crippen LogP contribution in [0.1, 0.15) is 30.0 Å². The van der Waals surface area contributed by atoms with Crippen LogP contribution in [0.15, 0.2) is 115 Å². The van der Waals surface area contributed by atoms with Crippen molar-refractivity contribution in [1.82, 2.24) is 9.97 Å². The molecule has 33 heavy (non-hydrogen) atoms. The van der Waals surface area contributed by atoms with Gasteiger partial charge in [-0.05, 0) is 55.5 Å². The number of nitrogens with one attached hydrogen (secondary N) is 2. The van der Waals surface area contributed by atoms with Crippen LogP contribution in [0.4, 0.5) is 11.4 Å². The van der Waals surface area contributed by atoms with Gasteiger partial charge in [0.25, 0.3) is 0 Å². The monoisotopic (exact) mass is 440 g/mol. The summed E-state index contributed by atoms with van der Waals surface area (Å²) < 4.78 is 0. The molecule has 0 amide bonds. The van der Waals surface area contributed by atoms with Crippen LogP contribution in [-0.4, -0.2) is 21.5 Å². The number of anilines is 2. The Morgan fingerprint density at radius 3 is 1.58 bits per heavy atom. The fourth-order valence-electron chi connectivity index (χ4n) is 2.40. The lowest BCUT2D eigenvalue weighted by atomic mass is 10.3. The lowest BCUT2D eigenvalue weighted by Crippen LogP contribution is -2.05. The van der Waals surface area contributed by atoms with E-state index in [2.05, 4.69) is 25.9 Å². The first-order chi connectivity index (χ1) is 16.1. The van der Waals surface area contributed by atoms with E-state index in [1.54, 1.807) is 30.6 Å². The van der Waals surface area contributed by atoms with Crippen LogP contribution in [0, 0.1) is 0 Å².